The van der Waals surface area contributed by atoms with Crippen molar-refractivity contribution in [2.45, 2.75) is 6.92 Å². The van der Waals surface area contributed by atoms with Gasteiger partial charge in [0.15, 0.2) is 5.84 Å². The minimum Gasteiger partial charge on any atom is -0.409 e. The van der Waals surface area contributed by atoms with Crippen LogP contribution < -0.4 is 11.1 Å². The van der Waals surface area contributed by atoms with E-state index in [1.54, 1.807) is 37.3 Å². The van der Waals surface area contributed by atoms with Crippen LogP contribution in [0.15, 0.2) is 47.6 Å². The van der Waals surface area contributed by atoms with Crippen LogP contribution in [0, 0.1) is 12.7 Å². The third kappa shape index (κ3) is 3.36. The van der Waals surface area contributed by atoms with Crippen molar-refractivity contribution < 1.29 is 14.4 Å². The lowest BCUT2D eigenvalue weighted by molar-refractivity contribution is 0.102. The van der Waals surface area contributed by atoms with Gasteiger partial charge in [-0.2, -0.15) is 0 Å². The smallest absolute Gasteiger partial charge is 0.255 e. The molecule has 4 N–H and O–H groups in total. The van der Waals surface area contributed by atoms with Crippen molar-refractivity contribution in [2.75, 3.05) is 5.32 Å². The first-order valence-electron chi connectivity index (χ1n) is 6.16. The van der Waals surface area contributed by atoms with Gasteiger partial charge in [0, 0.05) is 16.8 Å². The van der Waals surface area contributed by atoms with Crippen LogP contribution in [0.4, 0.5) is 10.1 Å². The predicted molar refractivity (Wildman–Crippen MR) is 78.0 cm³/mol. The Labute approximate surface area is 120 Å². The molecule has 0 heterocycles. The molecule has 0 aliphatic carbocycles. The summed E-state index contributed by atoms with van der Waals surface area (Å²) < 4.78 is 13.4. The topological polar surface area (TPSA) is 87.7 Å². The highest BCUT2D eigenvalue weighted by atomic mass is 19.1. The molecule has 2 rings (SSSR count). The van der Waals surface area contributed by atoms with E-state index >= 15 is 0 Å². The number of hydrogen-bond donors (Lipinski definition) is 3. The second kappa shape index (κ2) is 6.04. The number of halogens is 1. The molecule has 0 bridgehead atoms. The van der Waals surface area contributed by atoms with Gasteiger partial charge in [0.2, 0.25) is 0 Å². The van der Waals surface area contributed by atoms with E-state index in [0.29, 0.717) is 22.4 Å². The molecular formula is C15H14FN3O2. The first kappa shape index (κ1) is 14.5. The summed E-state index contributed by atoms with van der Waals surface area (Å²) in [6.45, 7) is 1.64. The summed E-state index contributed by atoms with van der Waals surface area (Å²) in [5, 5.41) is 14.1. The molecule has 0 atom stereocenters. The Balaban J connectivity index is 2.22. The highest BCUT2D eigenvalue weighted by molar-refractivity contribution is 6.06. The molecule has 0 aromatic heterocycles. The highest BCUT2D eigenvalue weighted by Crippen LogP contribution is 2.15. The Bertz CT molecular complexity index is 714. The van der Waals surface area contributed by atoms with E-state index in [4.69, 9.17) is 10.9 Å². The predicted octanol–water partition coefficient (Wildman–Crippen LogP) is 2.48. The molecule has 21 heavy (non-hydrogen) atoms. The summed E-state index contributed by atoms with van der Waals surface area (Å²) in [5.41, 5.74) is 7.07. The van der Waals surface area contributed by atoms with E-state index in [1.165, 1.54) is 12.1 Å². The number of carbonyl (C=O) groups excluding carboxylic acids is 1. The summed E-state index contributed by atoms with van der Waals surface area (Å²) in [6, 6.07) is 10.7. The fourth-order valence-electron chi connectivity index (χ4n) is 1.75. The van der Waals surface area contributed by atoms with Crippen molar-refractivity contribution >= 4 is 17.4 Å². The van der Waals surface area contributed by atoms with Gasteiger partial charge in [0.1, 0.15) is 5.82 Å². The van der Waals surface area contributed by atoms with Crippen LogP contribution in [-0.4, -0.2) is 17.0 Å². The molecule has 0 aliphatic heterocycles. The normalized spacial score (nSPS) is 11.2. The minimum absolute atomic E-state index is 0.0916. The van der Waals surface area contributed by atoms with E-state index < -0.39 is 11.7 Å². The molecule has 108 valence electrons. The Kier molecular flexibility index (Phi) is 4.18. The van der Waals surface area contributed by atoms with Crippen molar-refractivity contribution in [3.8, 4) is 0 Å². The van der Waals surface area contributed by atoms with Crippen LogP contribution >= 0.6 is 0 Å². The summed E-state index contributed by atoms with van der Waals surface area (Å²) in [7, 11) is 0. The first-order chi connectivity index (χ1) is 10.0. The molecule has 6 heteroatoms. The number of rotatable bonds is 3. The molecule has 2 aromatic rings. The maximum absolute atomic E-state index is 13.4. The zero-order valence-electron chi connectivity index (χ0n) is 11.3. The number of nitrogens with zero attached hydrogens (tertiary/aromatic N) is 1. The SMILES string of the molecule is Cc1ccc(NC(=O)c2cccc(/C(N)=N/O)c2)cc1F. The number of anilines is 1. The minimum atomic E-state index is -0.411. The molecular weight excluding hydrogens is 273 g/mol. The quantitative estimate of drug-likeness (QED) is 0.351. The highest BCUT2D eigenvalue weighted by Gasteiger charge is 2.09. The standard InChI is InChI=1S/C15H14FN3O2/c1-9-5-6-12(8-13(9)16)18-15(20)11-4-2-3-10(7-11)14(17)19-21/h2-8,21H,1H3,(H2,17,19)(H,18,20). The summed E-state index contributed by atoms with van der Waals surface area (Å²) in [6.07, 6.45) is 0. The molecule has 0 saturated heterocycles. The summed E-state index contributed by atoms with van der Waals surface area (Å²) in [5.74, 6) is -0.893. The van der Waals surface area contributed by atoms with E-state index in [-0.39, 0.29) is 5.84 Å². The molecule has 0 aliphatic rings. The van der Waals surface area contributed by atoms with E-state index in [9.17, 15) is 9.18 Å². The number of benzene rings is 2. The van der Waals surface area contributed by atoms with Crippen LogP contribution in [0.25, 0.3) is 0 Å². The lowest BCUT2D eigenvalue weighted by atomic mass is 10.1. The second-order valence-corrected chi connectivity index (χ2v) is 4.48. The van der Waals surface area contributed by atoms with Gasteiger partial charge in [0.25, 0.3) is 5.91 Å². The second-order valence-electron chi connectivity index (χ2n) is 4.48. The molecule has 0 fully saturated rings. The number of amides is 1. The maximum atomic E-state index is 13.4. The van der Waals surface area contributed by atoms with Crippen LogP contribution in [0.2, 0.25) is 0 Å². The van der Waals surface area contributed by atoms with Crippen LogP contribution in [0.5, 0.6) is 0 Å². The zero-order chi connectivity index (χ0) is 15.4. The van der Waals surface area contributed by atoms with Crippen LogP contribution in [-0.2, 0) is 0 Å². The Hall–Kier alpha value is -2.89. The van der Waals surface area contributed by atoms with Gasteiger partial charge in [-0.25, -0.2) is 4.39 Å². The summed E-state index contributed by atoms with van der Waals surface area (Å²) >= 11 is 0. The number of amidine groups is 1. The van der Waals surface area contributed by atoms with Gasteiger partial charge in [0.05, 0.1) is 0 Å². The van der Waals surface area contributed by atoms with Gasteiger partial charge >= 0.3 is 0 Å². The maximum Gasteiger partial charge on any atom is 0.255 e. The van der Waals surface area contributed by atoms with E-state index in [1.807, 2.05) is 0 Å². The third-order valence-electron chi connectivity index (χ3n) is 2.96. The first-order valence-corrected chi connectivity index (χ1v) is 6.16. The van der Waals surface area contributed by atoms with Gasteiger partial charge in [-0.15, -0.1) is 0 Å². The van der Waals surface area contributed by atoms with Crippen molar-refractivity contribution in [3.05, 3.63) is 65.0 Å². The average Bonchev–Trinajstić information content (AvgIpc) is 2.50. The Morgan fingerprint density at radius 1 is 1.24 bits per heavy atom. The van der Waals surface area contributed by atoms with Crippen molar-refractivity contribution in [1.82, 2.24) is 0 Å². The molecule has 5 nitrogen and oxygen atoms in total. The van der Waals surface area contributed by atoms with E-state index in [0.717, 1.165) is 0 Å². The summed E-state index contributed by atoms with van der Waals surface area (Å²) in [4.78, 5) is 12.1. The molecule has 2 aromatic carbocycles. The largest absolute Gasteiger partial charge is 0.409 e. The number of nitrogens with one attached hydrogen (secondary N) is 1. The number of hydrogen-bond acceptors (Lipinski definition) is 3. The molecule has 0 unspecified atom stereocenters. The Morgan fingerprint density at radius 3 is 2.62 bits per heavy atom. The molecule has 0 radical (unpaired) electrons. The molecule has 0 spiro atoms. The lowest BCUT2D eigenvalue weighted by Gasteiger charge is -2.07. The van der Waals surface area contributed by atoms with Crippen molar-refractivity contribution in [3.63, 3.8) is 0 Å². The number of carbonyl (C=O) groups is 1. The number of nitrogens with two attached hydrogens (primary N) is 1. The van der Waals surface area contributed by atoms with Gasteiger partial charge in [-0.1, -0.05) is 23.4 Å². The average molecular weight is 287 g/mol. The van der Waals surface area contributed by atoms with Crippen molar-refractivity contribution in [1.29, 1.82) is 0 Å². The van der Waals surface area contributed by atoms with Crippen LogP contribution in [0.1, 0.15) is 21.5 Å². The monoisotopic (exact) mass is 287 g/mol. The lowest BCUT2D eigenvalue weighted by Crippen LogP contribution is -2.16. The number of aryl methyl sites for hydroxylation is 1. The van der Waals surface area contributed by atoms with Crippen LogP contribution in [0.3, 0.4) is 0 Å². The van der Waals surface area contributed by atoms with Crippen molar-refractivity contribution in [2.24, 2.45) is 10.9 Å². The third-order valence-corrected chi connectivity index (χ3v) is 2.96. The van der Waals surface area contributed by atoms with Gasteiger partial charge < -0.3 is 16.3 Å². The fourth-order valence-corrected chi connectivity index (χ4v) is 1.75. The number of oxime groups is 1. The molecule has 0 saturated carbocycles. The molecule has 1 amide bonds. The van der Waals surface area contributed by atoms with E-state index in [2.05, 4.69) is 10.5 Å². The van der Waals surface area contributed by atoms with Gasteiger partial charge in [-0.3, -0.25) is 4.79 Å². The van der Waals surface area contributed by atoms with Gasteiger partial charge in [-0.05, 0) is 36.8 Å². The Morgan fingerprint density at radius 2 is 1.95 bits per heavy atom. The fraction of sp³-hybridized carbons (Fsp3) is 0.0667. The zero-order valence-corrected chi connectivity index (χ0v) is 11.3.